The van der Waals surface area contributed by atoms with Crippen molar-refractivity contribution in [3.05, 3.63) is 24.0 Å². The number of hydrogen-bond donors (Lipinski definition) is 1. The van der Waals surface area contributed by atoms with Crippen molar-refractivity contribution in [2.24, 2.45) is 0 Å². The number of nitrogens with zero attached hydrogens (tertiary/aromatic N) is 1. The Labute approximate surface area is 100 Å². The van der Waals surface area contributed by atoms with Gasteiger partial charge >= 0.3 is 5.97 Å². The Morgan fingerprint density at radius 3 is 2.94 bits per heavy atom. The molecule has 0 radical (unpaired) electrons. The lowest BCUT2D eigenvalue weighted by atomic mass is 10.1. The number of methoxy groups -OCH3 is 1. The first-order valence-corrected chi connectivity index (χ1v) is 5.71. The van der Waals surface area contributed by atoms with Gasteiger partial charge in [0.2, 0.25) is 0 Å². The molecule has 2 rings (SSSR count). The van der Waals surface area contributed by atoms with Crippen molar-refractivity contribution in [3.8, 4) is 5.75 Å². The maximum atomic E-state index is 11.3. The SMILES string of the molecule is COC(=O)c1cc(OC2CCNCC2)ccn1. The van der Waals surface area contributed by atoms with E-state index in [1.807, 2.05) is 0 Å². The maximum absolute atomic E-state index is 11.3. The van der Waals surface area contributed by atoms with Gasteiger partial charge < -0.3 is 14.8 Å². The lowest BCUT2D eigenvalue weighted by molar-refractivity contribution is 0.0592. The largest absolute Gasteiger partial charge is 0.490 e. The Hall–Kier alpha value is -1.62. The summed E-state index contributed by atoms with van der Waals surface area (Å²) in [6.07, 6.45) is 3.73. The number of piperidine rings is 1. The number of aromatic nitrogens is 1. The van der Waals surface area contributed by atoms with Crippen LogP contribution < -0.4 is 10.1 Å². The average molecular weight is 236 g/mol. The van der Waals surface area contributed by atoms with Crippen LogP contribution in [0.4, 0.5) is 0 Å². The number of carbonyl (C=O) groups excluding carboxylic acids is 1. The fraction of sp³-hybridized carbons (Fsp3) is 0.500. The molecule has 0 bridgehead atoms. The smallest absolute Gasteiger partial charge is 0.356 e. The van der Waals surface area contributed by atoms with Crippen molar-refractivity contribution in [2.45, 2.75) is 18.9 Å². The van der Waals surface area contributed by atoms with E-state index in [1.54, 1.807) is 18.3 Å². The Morgan fingerprint density at radius 1 is 1.47 bits per heavy atom. The maximum Gasteiger partial charge on any atom is 0.356 e. The third-order valence-electron chi connectivity index (χ3n) is 2.71. The third-order valence-corrected chi connectivity index (χ3v) is 2.71. The molecule has 17 heavy (non-hydrogen) atoms. The molecule has 0 atom stereocenters. The summed E-state index contributed by atoms with van der Waals surface area (Å²) >= 11 is 0. The van der Waals surface area contributed by atoms with Crippen molar-refractivity contribution in [1.29, 1.82) is 0 Å². The second kappa shape index (κ2) is 5.63. The van der Waals surface area contributed by atoms with Gasteiger partial charge in [-0.15, -0.1) is 0 Å². The lowest BCUT2D eigenvalue weighted by Gasteiger charge is -2.23. The van der Waals surface area contributed by atoms with E-state index in [2.05, 4.69) is 15.0 Å². The highest BCUT2D eigenvalue weighted by atomic mass is 16.5. The average Bonchev–Trinajstić information content (AvgIpc) is 2.39. The van der Waals surface area contributed by atoms with E-state index < -0.39 is 5.97 Å². The highest BCUT2D eigenvalue weighted by Crippen LogP contribution is 2.17. The molecule has 1 aliphatic rings. The van der Waals surface area contributed by atoms with Crippen molar-refractivity contribution < 1.29 is 14.3 Å². The highest BCUT2D eigenvalue weighted by molar-refractivity contribution is 5.87. The molecule has 5 nitrogen and oxygen atoms in total. The molecule has 0 amide bonds. The summed E-state index contributed by atoms with van der Waals surface area (Å²) in [6.45, 7) is 1.94. The van der Waals surface area contributed by atoms with Crippen molar-refractivity contribution in [2.75, 3.05) is 20.2 Å². The van der Waals surface area contributed by atoms with Crippen LogP contribution in [0.25, 0.3) is 0 Å². The highest BCUT2D eigenvalue weighted by Gasteiger charge is 2.15. The zero-order chi connectivity index (χ0) is 12.1. The summed E-state index contributed by atoms with van der Waals surface area (Å²) in [4.78, 5) is 15.2. The first-order valence-electron chi connectivity index (χ1n) is 5.71. The Morgan fingerprint density at radius 2 is 2.24 bits per heavy atom. The molecule has 0 aliphatic carbocycles. The van der Waals surface area contributed by atoms with Gasteiger partial charge in [0.25, 0.3) is 0 Å². The van der Waals surface area contributed by atoms with Crippen LogP contribution in [0, 0.1) is 0 Å². The number of nitrogens with one attached hydrogen (secondary N) is 1. The van der Waals surface area contributed by atoms with Crippen LogP contribution in [-0.2, 0) is 4.74 Å². The minimum Gasteiger partial charge on any atom is -0.490 e. The third kappa shape index (κ3) is 3.17. The summed E-state index contributed by atoms with van der Waals surface area (Å²) in [5.74, 6) is 0.230. The van der Waals surface area contributed by atoms with Gasteiger partial charge in [-0.25, -0.2) is 9.78 Å². The number of pyridine rings is 1. The van der Waals surface area contributed by atoms with Crippen LogP contribution in [0.2, 0.25) is 0 Å². The lowest BCUT2D eigenvalue weighted by Crippen LogP contribution is -2.34. The normalized spacial score (nSPS) is 16.5. The van der Waals surface area contributed by atoms with Crippen LogP contribution >= 0.6 is 0 Å². The summed E-state index contributed by atoms with van der Waals surface area (Å²) in [6, 6.07) is 3.38. The molecular weight excluding hydrogens is 220 g/mol. The fourth-order valence-corrected chi connectivity index (χ4v) is 1.81. The molecule has 1 fully saturated rings. The van der Waals surface area contributed by atoms with Crippen molar-refractivity contribution >= 4 is 5.97 Å². The van der Waals surface area contributed by atoms with Gasteiger partial charge in [-0.3, -0.25) is 0 Å². The van der Waals surface area contributed by atoms with Crippen molar-refractivity contribution in [3.63, 3.8) is 0 Å². The standard InChI is InChI=1S/C12H16N2O3/c1-16-12(15)11-8-10(4-7-14-11)17-9-2-5-13-6-3-9/h4,7-9,13H,2-3,5-6H2,1H3. The summed E-state index contributed by atoms with van der Waals surface area (Å²) in [5.41, 5.74) is 0.277. The van der Waals surface area contributed by atoms with E-state index in [-0.39, 0.29) is 11.8 Å². The minimum absolute atomic E-state index is 0.212. The van der Waals surface area contributed by atoms with Gasteiger partial charge in [0.1, 0.15) is 11.9 Å². The molecule has 0 unspecified atom stereocenters. The van der Waals surface area contributed by atoms with E-state index in [9.17, 15) is 4.79 Å². The summed E-state index contributed by atoms with van der Waals surface area (Å²) < 4.78 is 10.4. The molecule has 1 aromatic heterocycles. The molecule has 0 saturated carbocycles. The quantitative estimate of drug-likeness (QED) is 0.793. The molecule has 0 aromatic carbocycles. The molecule has 1 aromatic rings. The number of ether oxygens (including phenoxy) is 2. The second-order valence-electron chi connectivity index (χ2n) is 3.94. The van der Waals surface area contributed by atoms with Gasteiger partial charge in [0.15, 0.2) is 5.69 Å². The van der Waals surface area contributed by atoms with E-state index in [1.165, 1.54) is 7.11 Å². The molecule has 5 heteroatoms. The molecule has 0 spiro atoms. The molecule has 1 aliphatic heterocycles. The fourth-order valence-electron chi connectivity index (χ4n) is 1.81. The minimum atomic E-state index is -0.444. The van der Waals surface area contributed by atoms with Crippen molar-refractivity contribution in [1.82, 2.24) is 10.3 Å². The van der Waals surface area contributed by atoms with E-state index in [0.29, 0.717) is 5.75 Å². The molecular formula is C12H16N2O3. The predicted octanol–water partition coefficient (Wildman–Crippen LogP) is 0.999. The predicted molar refractivity (Wildman–Crippen MR) is 62.1 cm³/mol. The van der Waals surface area contributed by atoms with Crippen LogP contribution in [0.5, 0.6) is 5.75 Å². The topological polar surface area (TPSA) is 60.5 Å². The second-order valence-corrected chi connectivity index (χ2v) is 3.94. The van der Waals surface area contributed by atoms with E-state index >= 15 is 0 Å². The zero-order valence-electron chi connectivity index (χ0n) is 9.81. The summed E-state index contributed by atoms with van der Waals surface area (Å²) in [5, 5.41) is 3.27. The van der Waals surface area contributed by atoms with Gasteiger partial charge in [0, 0.05) is 12.3 Å². The number of hydrogen-bond acceptors (Lipinski definition) is 5. The molecule has 92 valence electrons. The first kappa shape index (κ1) is 11.9. The number of carbonyl (C=O) groups is 1. The van der Waals surface area contributed by atoms with Crippen LogP contribution in [0.1, 0.15) is 23.3 Å². The number of esters is 1. The Balaban J connectivity index is 2.02. The molecule has 2 heterocycles. The monoisotopic (exact) mass is 236 g/mol. The summed E-state index contributed by atoms with van der Waals surface area (Å²) in [7, 11) is 1.34. The van der Waals surface area contributed by atoms with Crippen LogP contribution in [0.3, 0.4) is 0 Å². The van der Waals surface area contributed by atoms with E-state index in [0.717, 1.165) is 25.9 Å². The Kier molecular flexibility index (Phi) is 3.93. The van der Waals surface area contributed by atoms with Gasteiger partial charge in [0.05, 0.1) is 7.11 Å². The van der Waals surface area contributed by atoms with Gasteiger partial charge in [-0.05, 0) is 32.0 Å². The van der Waals surface area contributed by atoms with Gasteiger partial charge in [-0.1, -0.05) is 0 Å². The van der Waals surface area contributed by atoms with Crippen LogP contribution in [-0.4, -0.2) is 37.3 Å². The molecule has 1 N–H and O–H groups in total. The zero-order valence-corrected chi connectivity index (χ0v) is 9.81. The van der Waals surface area contributed by atoms with E-state index in [4.69, 9.17) is 4.74 Å². The first-order chi connectivity index (χ1) is 8.29. The number of rotatable bonds is 3. The molecule has 1 saturated heterocycles. The Bertz CT molecular complexity index is 389. The van der Waals surface area contributed by atoms with Crippen LogP contribution in [0.15, 0.2) is 18.3 Å². The van der Waals surface area contributed by atoms with Gasteiger partial charge in [-0.2, -0.15) is 0 Å².